The van der Waals surface area contributed by atoms with Crippen molar-refractivity contribution in [3.05, 3.63) is 35.4 Å². The molecule has 4 rings (SSSR count). The summed E-state index contributed by atoms with van der Waals surface area (Å²) in [7, 11) is 0. The summed E-state index contributed by atoms with van der Waals surface area (Å²) < 4.78 is 0. The molecule has 1 heterocycles. The van der Waals surface area contributed by atoms with Crippen LogP contribution in [0, 0.1) is 5.92 Å². The summed E-state index contributed by atoms with van der Waals surface area (Å²) in [5, 5.41) is 5.76. The van der Waals surface area contributed by atoms with Gasteiger partial charge < -0.3 is 10.6 Å². The highest BCUT2D eigenvalue weighted by Gasteiger charge is 2.57. The van der Waals surface area contributed by atoms with Crippen LogP contribution in [0.1, 0.15) is 36.8 Å². The van der Waals surface area contributed by atoms with Crippen LogP contribution in [-0.2, 0) is 21.4 Å². The largest absolute Gasteiger partial charge is 0.354 e. The van der Waals surface area contributed by atoms with Gasteiger partial charge in [-0.2, -0.15) is 0 Å². The predicted molar refractivity (Wildman–Crippen MR) is 78.7 cm³/mol. The Bertz CT molecular complexity index is 613. The maximum atomic E-state index is 12.0. The van der Waals surface area contributed by atoms with Crippen LogP contribution in [0.5, 0.6) is 0 Å². The Morgan fingerprint density at radius 2 is 2.19 bits per heavy atom. The number of nitrogens with one attached hydrogen (secondary N) is 2. The zero-order chi connectivity index (χ0) is 14.4. The number of hydrogen-bond donors (Lipinski definition) is 2. The smallest absolute Gasteiger partial charge is 0.242 e. The second-order valence-corrected chi connectivity index (χ2v) is 6.62. The third-order valence-corrected chi connectivity index (χ3v) is 5.46. The molecule has 2 amide bonds. The molecule has 4 heteroatoms. The van der Waals surface area contributed by atoms with Crippen LogP contribution in [-0.4, -0.2) is 24.4 Å². The molecule has 2 aliphatic carbocycles. The standard InChI is InChI=1S/C17H20N2O2/c20-15-6-5-14(19-15)16(21)18-10-12-9-17(12)8-7-11-3-1-2-4-13(11)17/h1-4,12,14H,5-10H2,(H,18,21)(H,19,20)/t12?,14-,17?/m1/s1. The third kappa shape index (κ3) is 2.04. The molecule has 2 fully saturated rings. The van der Waals surface area contributed by atoms with E-state index in [1.807, 2.05) is 0 Å². The molecular weight excluding hydrogens is 264 g/mol. The lowest BCUT2D eigenvalue weighted by Crippen LogP contribution is -2.42. The first kappa shape index (κ1) is 12.9. The zero-order valence-corrected chi connectivity index (χ0v) is 12.0. The van der Waals surface area contributed by atoms with Gasteiger partial charge in [0.05, 0.1) is 0 Å². The Labute approximate surface area is 124 Å². The Hall–Kier alpha value is -1.84. The molecule has 110 valence electrons. The van der Waals surface area contributed by atoms with E-state index in [0.29, 0.717) is 24.2 Å². The van der Waals surface area contributed by atoms with Crippen molar-refractivity contribution in [1.82, 2.24) is 10.6 Å². The molecule has 1 spiro atoms. The highest BCUT2D eigenvalue weighted by molar-refractivity contribution is 5.90. The van der Waals surface area contributed by atoms with Gasteiger partial charge in [0.15, 0.2) is 0 Å². The molecule has 4 nitrogen and oxygen atoms in total. The number of rotatable bonds is 3. The van der Waals surface area contributed by atoms with Gasteiger partial charge in [0.2, 0.25) is 11.8 Å². The van der Waals surface area contributed by atoms with Crippen molar-refractivity contribution in [1.29, 1.82) is 0 Å². The van der Waals surface area contributed by atoms with Crippen LogP contribution in [0.15, 0.2) is 24.3 Å². The van der Waals surface area contributed by atoms with E-state index >= 15 is 0 Å². The van der Waals surface area contributed by atoms with Crippen molar-refractivity contribution >= 4 is 11.8 Å². The van der Waals surface area contributed by atoms with Crippen LogP contribution in [0.2, 0.25) is 0 Å². The normalized spacial score (nSPS) is 32.9. The van der Waals surface area contributed by atoms with Crippen molar-refractivity contribution in [2.24, 2.45) is 5.92 Å². The Morgan fingerprint density at radius 1 is 1.33 bits per heavy atom. The van der Waals surface area contributed by atoms with Crippen LogP contribution < -0.4 is 10.6 Å². The maximum Gasteiger partial charge on any atom is 0.242 e. The van der Waals surface area contributed by atoms with E-state index < -0.39 is 0 Å². The SMILES string of the molecule is O=C1CC[C@H](C(=O)NCC2CC23CCc2ccccc23)N1. The van der Waals surface area contributed by atoms with Gasteiger partial charge in [0.1, 0.15) is 6.04 Å². The van der Waals surface area contributed by atoms with E-state index in [9.17, 15) is 9.59 Å². The van der Waals surface area contributed by atoms with Gasteiger partial charge >= 0.3 is 0 Å². The maximum absolute atomic E-state index is 12.0. The van der Waals surface area contributed by atoms with E-state index in [1.165, 1.54) is 30.4 Å². The number of benzene rings is 1. The lowest BCUT2D eigenvalue weighted by atomic mass is 9.95. The molecule has 3 atom stereocenters. The molecule has 0 aromatic heterocycles. The predicted octanol–water partition coefficient (Wildman–Crippen LogP) is 1.29. The summed E-state index contributed by atoms with van der Waals surface area (Å²) in [6.45, 7) is 0.736. The average molecular weight is 284 g/mol. The minimum atomic E-state index is -0.317. The molecule has 21 heavy (non-hydrogen) atoms. The number of amides is 2. The highest BCUT2D eigenvalue weighted by Crippen LogP contribution is 2.61. The molecule has 0 bridgehead atoms. The molecule has 3 aliphatic rings. The van der Waals surface area contributed by atoms with Crippen LogP contribution in [0.3, 0.4) is 0 Å². The van der Waals surface area contributed by atoms with E-state index in [4.69, 9.17) is 0 Å². The van der Waals surface area contributed by atoms with Crippen molar-refractivity contribution in [3.63, 3.8) is 0 Å². The third-order valence-electron chi connectivity index (χ3n) is 5.46. The molecule has 2 N–H and O–H groups in total. The van der Waals surface area contributed by atoms with Crippen molar-refractivity contribution in [3.8, 4) is 0 Å². The Morgan fingerprint density at radius 3 is 3.00 bits per heavy atom. The summed E-state index contributed by atoms with van der Waals surface area (Å²) in [5.74, 6) is 0.527. The van der Waals surface area contributed by atoms with Gasteiger partial charge in [-0.15, -0.1) is 0 Å². The zero-order valence-electron chi connectivity index (χ0n) is 12.0. The van der Waals surface area contributed by atoms with Gasteiger partial charge in [-0.05, 0) is 42.7 Å². The minimum Gasteiger partial charge on any atom is -0.354 e. The minimum absolute atomic E-state index is 0.0113. The topological polar surface area (TPSA) is 58.2 Å². The molecule has 2 unspecified atom stereocenters. The van der Waals surface area contributed by atoms with Crippen LogP contribution in [0.25, 0.3) is 0 Å². The Kier molecular flexibility index (Phi) is 2.81. The fraction of sp³-hybridized carbons (Fsp3) is 0.529. The number of fused-ring (bicyclic) bond motifs is 2. The number of carbonyl (C=O) groups excluding carboxylic acids is 2. The van der Waals surface area contributed by atoms with Gasteiger partial charge in [-0.3, -0.25) is 9.59 Å². The molecular formula is C17H20N2O2. The van der Waals surface area contributed by atoms with Crippen molar-refractivity contribution in [2.45, 2.75) is 43.6 Å². The van der Waals surface area contributed by atoms with Gasteiger partial charge in [0, 0.05) is 18.4 Å². The highest BCUT2D eigenvalue weighted by atomic mass is 16.2. The molecule has 1 aromatic carbocycles. The molecule has 1 aliphatic heterocycles. The van der Waals surface area contributed by atoms with E-state index in [0.717, 1.165) is 6.54 Å². The fourth-order valence-electron chi connectivity index (χ4n) is 4.16. The summed E-state index contributed by atoms with van der Waals surface area (Å²) in [6.07, 6.45) is 4.66. The van der Waals surface area contributed by atoms with Crippen LogP contribution >= 0.6 is 0 Å². The summed E-state index contributed by atoms with van der Waals surface area (Å²) >= 11 is 0. The Balaban J connectivity index is 1.36. The first-order valence-corrected chi connectivity index (χ1v) is 7.84. The van der Waals surface area contributed by atoms with E-state index in [-0.39, 0.29) is 17.9 Å². The summed E-state index contributed by atoms with van der Waals surface area (Å²) in [5.41, 5.74) is 3.30. The lowest BCUT2D eigenvalue weighted by Gasteiger charge is -2.14. The second-order valence-electron chi connectivity index (χ2n) is 6.62. The first-order chi connectivity index (χ1) is 10.2. The summed E-state index contributed by atoms with van der Waals surface area (Å²) in [6, 6.07) is 8.39. The fourth-order valence-corrected chi connectivity index (χ4v) is 4.16. The van der Waals surface area contributed by atoms with Crippen LogP contribution in [0.4, 0.5) is 0 Å². The molecule has 1 saturated carbocycles. The average Bonchev–Trinajstić information content (AvgIpc) is 2.81. The molecule has 1 aromatic rings. The van der Waals surface area contributed by atoms with E-state index in [1.54, 1.807) is 0 Å². The number of hydrogen-bond acceptors (Lipinski definition) is 2. The lowest BCUT2D eigenvalue weighted by molar-refractivity contribution is -0.125. The van der Waals surface area contributed by atoms with Gasteiger partial charge in [-0.25, -0.2) is 0 Å². The van der Waals surface area contributed by atoms with Gasteiger partial charge in [0.25, 0.3) is 0 Å². The monoisotopic (exact) mass is 284 g/mol. The van der Waals surface area contributed by atoms with E-state index in [2.05, 4.69) is 34.9 Å². The number of carbonyl (C=O) groups is 2. The quantitative estimate of drug-likeness (QED) is 0.878. The second kappa shape index (κ2) is 4.58. The number of aryl methyl sites for hydroxylation is 1. The summed E-state index contributed by atoms with van der Waals surface area (Å²) in [4.78, 5) is 23.2. The molecule has 0 radical (unpaired) electrons. The molecule has 1 saturated heterocycles. The van der Waals surface area contributed by atoms with Gasteiger partial charge in [-0.1, -0.05) is 24.3 Å². The first-order valence-electron chi connectivity index (χ1n) is 7.84. The van der Waals surface area contributed by atoms with Crippen molar-refractivity contribution in [2.75, 3.05) is 6.54 Å². The van der Waals surface area contributed by atoms with Crippen molar-refractivity contribution < 1.29 is 9.59 Å².